The molecule has 0 saturated heterocycles. The van der Waals surface area contributed by atoms with Crippen molar-refractivity contribution in [3.8, 4) is 34.1 Å². The van der Waals surface area contributed by atoms with Crippen molar-refractivity contribution in [1.29, 1.82) is 0 Å². The lowest BCUT2D eigenvalue weighted by molar-refractivity contribution is -0.136. The first-order chi connectivity index (χ1) is 22.2. The van der Waals surface area contributed by atoms with E-state index in [-0.39, 0.29) is 11.5 Å². The first-order valence-corrected chi connectivity index (χ1v) is 14.5. The highest BCUT2D eigenvalue weighted by atomic mass is 19.4. The SMILES string of the molecule is CC(=O)Oc1ccc(COc2ccc(Oc3cccc(-c4c(Cc5ccccc5)cnc5c(C(F)(F)F)cccc45)c3)cc2)cc1. The molecule has 6 rings (SSSR count). The van der Waals surface area contributed by atoms with Crippen molar-refractivity contribution in [2.45, 2.75) is 26.1 Å². The molecule has 1 heterocycles. The predicted octanol–water partition coefficient (Wildman–Crippen LogP) is 9.81. The standard InChI is InChI=1S/C38H28F3NO4/c1-25(43)45-31-15-13-27(14-16-31)24-44-30-17-19-32(20-18-30)46-33-10-5-9-28(22-33)36-29(21-26-7-3-2-4-8-26)23-42-37-34(36)11-6-12-35(37)38(39,40)41/h2-20,22-23H,21,24H2,1H3. The Labute approximate surface area is 263 Å². The monoisotopic (exact) mass is 619 g/mol. The zero-order valence-electron chi connectivity index (χ0n) is 24.8. The summed E-state index contributed by atoms with van der Waals surface area (Å²) < 4.78 is 58.9. The molecule has 0 radical (unpaired) electrons. The van der Waals surface area contributed by atoms with Crippen LogP contribution in [0.4, 0.5) is 13.2 Å². The third kappa shape index (κ3) is 7.18. The molecule has 0 fully saturated rings. The Morgan fingerprint density at radius 3 is 2.13 bits per heavy atom. The highest BCUT2D eigenvalue weighted by molar-refractivity contribution is 5.98. The van der Waals surface area contributed by atoms with Gasteiger partial charge in [-0.1, -0.05) is 66.7 Å². The molecule has 0 aliphatic rings. The molecule has 0 unspecified atom stereocenters. The molecule has 0 spiro atoms. The van der Waals surface area contributed by atoms with Gasteiger partial charge in [0.05, 0.1) is 11.1 Å². The van der Waals surface area contributed by atoms with Crippen LogP contribution < -0.4 is 14.2 Å². The van der Waals surface area contributed by atoms with Gasteiger partial charge in [0.15, 0.2) is 0 Å². The third-order valence-corrected chi connectivity index (χ3v) is 7.29. The Morgan fingerprint density at radius 1 is 0.717 bits per heavy atom. The minimum Gasteiger partial charge on any atom is -0.489 e. The van der Waals surface area contributed by atoms with E-state index < -0.39 is 11.7 Å². The summed E-state index contributed by atoms with van der Waals surface area (Å²) in [6.45, 7) is 1.67. The molecule has 8 heteroatoms. The molecule has 1 aromatic heterocycles. The maximum Gasteiger partial charge on any atom is 0.418 e. The van der Waals surface area contributed by atoms with Crippen molar-refractivity contribution in [2.24, 2.45) is 0 Å². The molecule has 0 saturated carbocycles. The van der Waals surface area contributed by atoms with Gasteiger partial charge in [-0.2, -0.15) is 13.2 Å². The van der Waals surface area contributed by atoms with Crippen molar-refractivity contribution in [2.75, 3.05) is 0 Å². The topological polar surface area (TPSA) is 57.7 Å². The molecule has 230 valence electrons. The fourth-order valence-electron chi connectivity index (χ4n) is 5.23. The number of alkyl halides is 3. The number of hydrogen-bond donors (Lipinski definition) is 0. The van der Waals surface area contributed by atoms with E-state index in [0.29, 0.717) is 47.0 Å². The van der Waals surface area contributed by atoms with E-state index in [1.807, 2.05) is 60.7 Å². The smallest absolute Gasteiger partial charge is 0.418 e. The normalized spacial score (nSPS) is 11.3. The van der Waals surface area contributed by atoms with Gasteiger partial charge in [-0.25, -0.2) is 0 Å². The second-order valence-electron chi connectivity index (χ2n) is 10.6. The highest BCUT2D eigenvalue weighted by Gasteiger charge is 2.33. The predicted molar refractivity (Wildman–Crippen MR) is 170 cm³/mol. The number of nitrogens with zero attached hydrogens (tertiary/aromatic N) is 1. The third-order valence-electron chi connectivity index (χ3n) is 7.29. The summed E-state index contributed by atoms with van der Waals surface area (Å²) in [5.74, 6) is 1.83. The Balaban J connectivity index is 1.25. The number of para-hydroxylation sites is 1. The van der Waals surface area contributed by atoms with Crippen LogP contribution in [0.25, 0.3) is 22.0 Å². The van der Waals surface area contributed by atoms with Gasteiger partial charge in [0.1, 0.15) is 29.6 Å². The molecule has 0 bridgehead atoms. The molecule has 0 amide bonds. The molecule has 0 N–H and O–H groups in total. The Kier molecular flexibility index (Phi) is 8.70. The maximum atomic E-state index is 13.9. The minimum absolute atomic E-state index is 0.0935. The summed E-state index contributed by atoms with van der Waals surface area (Å²) >= 11 is 0. The van der Waals surface area contributed by atoms with E-state index in [4.69, 9.17) is 14.2 Å². The van der Waals surface area contributed by atoms with Crippen LogP contribution in [0.1, 0.15) is 29.2 Å². The van der Waals surface area contributed by atoms with E-state index in [9.17, 15) is 18.0 Å². The summed E-state index contributed by atoms with van der Waals surface area (Å²) in [5.41, 5.74) is 3.26. The average molecular weight is 620 g/mol. The minimum atomic E-state index is -4.54. The van der Waals surface area contributed by atoms with Gasteiger partial charge >= 0.3 is 12.1 Å². The van der Waals surface area contributed by atoms with Crippen LogP contribution in [0.3, 0.4) is 0 Å². The van der Waals surface area contributed by atoms with Gasteiger partial charge in [-0.15, -0.1) is 0 Å². The summed E-state index contributed by atoms with van der Waals surface area (Å²) in [5, 5.41) is 0.419. The molecule has 5 aromatic carbocycles. The van der Waals surface area contributed by atoms with E-state index in [1.165, 1.54) is 13.0 Å². The van der Waals surface area contributed by atoms with Gasteiger partial charge in [-0.3, -0.25) is 9.78 Å². The molecule has 0 atom stereocenters. The fraction of sp³-hybridized carbons (Fsp3) is 0.105. The number of halogens is 3. The molecular formula is C38H28F3NO4. The van der Waals surface area contributed by atoms with E-state index in [0.717, 1.165) is 28.3 Å². The molecule has 0 aliphatic heterocycles. The van der Waals surface area contributed by atoms with Crippen LogP contribution in [0.2, 0.25) is 0 Å². The van der Waals surface area contributed by atoms with Crippen molar-refractivity contribution in [1.82, 2.24) is 4.98 Å². The molecule has 0 aliphatic carbocycles. The quantitative estimate of drug-likeness (QED) is 0.119. The Morgan fingerprint density at radius 2 is 1.41 bits per heavy atom. The van der Waals surface area contributed by atoms with Gasteiger partial charge in [0.2, 0.25) is 0 Å². The largest absolute Gasteiger partial charge is 0.489 e. The number of carbonyl (C=O) groups excluding carboxylic acids is 1. The number of rotatable bonds is 9. The van der Waals surface area contributed by atoms with Crippen LogP contribution in [-0.4, -0.2) is 11.0 Å². The summed E-state index contributed by atoms with van der Waals surface area (Å²) in [6, 6.07) is 35.4. The van der Waals surface area contributed by atoms with Crippen molar-refractivity contribution >= 4 is 16.9 Å². The highest BCUT2D eigenvalue weighted by Crippen LogP contribution is 2.40. The lowest BCUT2D eigenvalue weighted by atomic mass is 9.92. The van der Waals surface area contributed by atoms with Crippen LogP contribution in [0.15, 0.2) is 128 Å². The lowest BCUT2D eigenvalue weighted by Crippen LogP contribution is -2.07. The number of fused-ring (bicyclic) bond motifs is 1. The van der Waals surface area contributed by atoms with Crippen LogP contribution in [0.5, 0.6) is 23.0 Å². The number of ether oxygens (including phenoxy) is 3. The average Bonchev–Trinajstić information content (AvgIpc) is 3.04. The second-order valence-corrected chi connectivity index (χ2v) is 10.6. The number of aromatic nitrogens is 1. The fourth-order valence-corrected chi connectivity index (χ4v) is 5.23. The zero-order chi connectivity index (χ0) is 32.1. The number of hydrogen-bond acceptors (Lipinski definition) is 5. The lowest BCUT2D eigenvalue weighted by Gasteiger charge is -2.17. The van der Waals surface area contributed by atoms with E-state index in [2.05, 4.69) is 4.98 Å². The second kappa shape index (κ2) is 13.2. The number of pyridine rings is 1. The summed E-state index contributed by atoms with van der Waals surface area (Å²) in [4.78, 5) is 15.4. The summed E-state index contributed by atoms with van der Waals surface area (Å²) in [6.07, 6.45) is -2.50. The molecule has 46 heavy (non-hydrogen) atoms. The number of esters is 1. The Bertz CT molecular complexity index is 1970. The molecule has 6 aromatic rings. The summed E-state index contributed by atoms with van der Waals surface area (Å²) in [7, 11) is 0. The Hall–Kier alpha value is -5.63. The number of carbonyl (C=O) groups is 1. The van der Waals surface area contributed by atoms with Gasteiger partial charge < -0.3 is 14.2 Å². The van der Waals surface area contributed by atoms with Gasteiger partial charge in [-0.05, 0) is 88.8 Å². The molecular weight excluding hydrogens is 591 g/mol. The molecule has 5 nitrogen and oxygen atoms in total. The zero-order valence-corrected chi connectivity index (χ0v) is 24.8. The van der Waals surface area contributed by atoms with Crippen LogP contribution in [-0.2, 0) is 24.0 Å². The van der Waals surface area contributed by atoms with Gasteiger partial charge in [0, 0.05) is 18.5 Å². The van der Waals surface area contributed by atoms with Crippen molar-refractivity contribution in [3.63, 3.8) is 0 Å². The number of benzene rings is 5. The van der Waals surface area contributed by atoms with E-state index >= 15 is 0 Å². The van der Waals surface area contributed by atoms with Crippen molar-refractivity contribution in [3.05, 3.63) is 150 Å². The maximum absolute atomic E-state index is 13.9. The van der Waals surface area contributed by atoms with Crippen LogP contribution in [0, 0.1) is 0 Å². The van der Waals surface area contributed by atoms with Crippen molar-refractivity contribution < 1.29 is 32.2 Å². The van der Waals surface area contributed by atoms with Gasteiger partial charge in [0.25, 0.3) is 0 Å². The first-order valence-electron chi connectivity index (χ1n) is 14.5. The van der Waals surface area contributed by atoms with E-state index in [1.54, 1.807) is 54.7 Å². The van der Waals surface area contributed by atoms with Crippen LogP contribution >= 0.6 is 0 Å². The first kappa shape index (κ1) is 30.4.